The molecule has 5 heteroatoms. The minimum Gasteiger partial charge on any atom is -0.478 e. The van der Waals surface area contributed by atoms with Gasteiger partial charge in [-0.15, -0.1) is 0 Å². The molecule has 94 valence electrons. The van der Waals surface area contributed by atoms with Gasteiger partial charge in [0.1, 0.15) is 0 Å². The second-order valence-electron chi connectivity index (χ2n) is 3.40. The van der Waals surface area contributed by atoms with E-state index in [4.69, 9.17) is 5.11 Å². The Kier molecular flexibility index (Phi) is 6.29. The van der Waals surface area contributed by atoms with Crippen molar-refractivity contribution in [1.82, 2.24) is 0 Å². The van der Waals surface area contributed by atoms with Gasteiger partial charge in [-0.25, -0.2) is 4.79 Å². The van der Waals surface area contributed by atoms with E-state index in [1.54, 1.807) is 30.0 Å². The van der Waals surface area contributed by atoms with E-state index in [0.29, 0.717) is 10.6 Å². The zero-order valence-corrected chi connectivity index (χ0v) is 11.4. The molecular weight excluding hydrogens is 256 g/mol. The number of hydrogen-bond acceptors (Lipinski definition) is 3. The maximum Gasteiger partial charge on any atom is 0.336 e. The Morgan fingerprint density at radius 1 is 1.41 bits per heavy atom. The van der Waals surface area contributed by atoms with E-state index in [2.05, 4.69) is 6.92 Å². The summed E-state index contributed by atoms with van der Waals surface area (Å²) in [4.78, 5) is 11.4. The third-order valence-electron chi connectivity index (χ3n) is 2.19. The molecule has 0 aromatic heterocycles. The fourth-order valence-electron chi connectivity index (χ4n) is 1.39. The lowest BCUT2D eigenvalue weighted by Crippen LogP contribution is -2.07. The lowest BCUT2D eigenvalue weighted by atomic mass is 10.2. The van der Waals surface area contributed by atoms with Gasteiger partial charge in [0.25, 0.3) is 0 Å². The molecule has 1 N–H and O–H groups in total. The monoisotopic (exact) mass is 272 g/mol. The third kappa shape index (κ3) is 4.52. The van der Waals surface area contributed by atoms with Gasteiger partial charge >= 0.3 is 5.97 Å². The predicted molar refractivity (Wildman–Crippen MR) is 72.3 cm³/mol. The van der Waals surface area contributed by atoms with Gasteiger partial charge in [-0.05, 0) is 30.1 Å². The Bertz CT molecular complexity index is 404. The van der Waals surface area contributed by atoms with E-state index >= 15 is 0 Å². The van der Waals surface area contributed by atoms with Crippen LogP contribution in [0.2, 0.25) is 0 Å². The highest BCUT2D eigenvalue weighted by molar-refractivity contribution is 7.99. The number of carboxylic acids is 1. The van der Waals surface area contributed by atoms with E-state index in [0.717, 1.165) is 17.9 Å². The summed E-state index contributed by atoms with van der Waals surface area (Å²) < 4.78 is 12.0. The van der Waals surface area contributed by atoms with Crippen molar-refractivity contribution in [3.63, 3.8) is 0 Å². The van der Waals surface area contributed by atoms with Crippen molar-refractivity contribution in [3.05, 3.63) is 29.8 Å². The number of carbonyl (C=O) groups is 1. The minimum atomic E-state index is -1.21. The van der Waals surface area contributed by atoms with Crippen molar-refractivity contribution < 1.29 is 14.1 Å². The molecule has 0 aliphatic heterocycles. The van der Waals surface area contributed by atoms with Crippen molar-refractivity contribution in [2.24, 2.45) is 0 Å². The van der Waals surface area contributed by atoms with Crippen molar-refractivity contribution in [1.29, 1.82) is 0 Å². The maximum absolute atomic E-state index is 12.0. The highest BCUT2D eigenvalue weighted by atomic mass is 32.2. The molecule has 0 saturated heterocycles. The molecule has 0 aliphatic rings. The molecule has 17 heavy (non-hydrogen) atoms. The van der Waals surface area contributed by atoms with Crippen molar-refractivity contribution in [2.45, 2.75) is 18.2 Å². The van der Waals surface area contributed by atoms with Crippen LogP contribution in [0, 0.1) is 0 Å². The SMILES string of the molecule is CCSCCCS(=O)c1ccccc1C(=O)O. The van der Waals surface area contributed by atoms with E-state index in [1.165, 1.54) is 6.07 Å². The van der Waals surface area contributed by atoms with E-state index in [1.807, 2.05) is 0 Å². The fraction of sp³-hybridized carbons (Fsp3) is 0.417. The lowest BCUT2D eigenvalue weighted by molar-refractivity contribution is 0.0693. The van der Waals surface area contributed by atoms with Gasteiger partial charge in [0.2, 0.25) is 0 Å². The second kappa shape index (κ2) is 7.50. The molecule has 1 aromatic carbocycles. The zero-order valence-electron chi connectivity index (χ0n) is 9.72. The molecule has 3 nitrogen and oxygen atoms in total. The van der Waals surface area contributed by atoms with Gasteiger partial charge < -0.3 is 5.11 Å². The largest absolute Gasteiger partial charge is 0.478 e. The van der Waals surface area contributed by atoms with Gasteiger partial charge in [-0.3, -0.25) is 4.21 Å². The van der Waals surface area contributed by atoms with Crippen LogP contribution in [0.3, 0.4) is 0 Å². The normalized spacial score (nSPS) is 12.3. The van der Waals surface area contributed by atoms with Crippen LogP contribution in [0.25, 0.3) is 0 Å². The number of benzene rings is 1. The van der Waals surface area contributed by atoms with E-state index in [9.17, 15) is 9.00 Å². The summed E-state index contributed by atoms with van der Waals surface area (Å²) in [6.07, 6.45) is 0.846. The molecule has 0 amide bonds. The smallest absolute Gasteiger partial charge is 0.336 e. The second-order valence-corrected chi connectivity index (χ2v) is 6.33. The topological polar surface area (TPSA) is 54.4 Å². The average Bonchev–Trinajstić information content (AvgIpc) is 2.34. The number of thioether (sulfide) groups is 1. The molecule has 0 radical (unpaired) electrons. The third-order valence-corrected chi connectivity index (χ3v) is 4.68. The molecule has 1 atom stereocenters. The van der Waals surface area contributed by atoms with Crippen LogP contribution >= 0.6 is 11.8 Å². The quantitative estimate of drug-likeness (QED) is 0.775. The first-order valence-electron chi connectivity index (χ1n) is 5.45. The van der Waals surface area contributed by atoms with Crippen molar-refractivity contribution in [2.75, 3.05) is 17.3 Å². The first-order chi connectivity index (χ1) is 8.16. The van der Waals surface area contributed by atoms with Crippen LogP contribution in [0.1, 0.15) is 23.7 Å². The molecule has 0 spiro atoms. The molecule has 1 aromatic rings. The predicted octanol–water partition coefficient (Wildman–Crippen LogP) is 2.64. The summed E-state index contributed by atoms with van der Waals surface area (Å²) in [5.74, 6) is 1.53. The minimum absolute atomic E-state index is 0.147. The van der Waals surface area contributed by atoms with Crippen LogP contribution in [0.4, 0.5) is 0 Å². The molecule has 0 aliphatic carbocycles. The highest BCUT2D eigenvalue weighted by Crippen LogP contribution is 2.15. The number of carboxylic acid groups (broad SMARTS) is 1. The summed E-state index contributed by atoms with van der Waals surface area (Å²) >= 11 is 1.81. The Hall–Kier alpha value is -0.810. The van der Waals surface area contributed by atoms with E-state index in [-0.39, 0.29) is 5.56 Å². The highest BCUT2D eigenvalue weighted by Gasteiger charge is 2.13. The summed E-state index contributed by atoms with van der Waals surface area (Å²) in [7, 11) is -1.21. The van der Waals surface area contributed by atoms with Crippen LogP contribution in [0.5, 0.6) is 0 Å². The Morgan fingerprint density at radius 2 is 2.12 bits per heavy atom. The Labute approximate surface area is 108 Å². The molecule has 1 rings (SSSR count). The molecule has 0 heterocycles. The number of hydrogen-bond donors (Lipinski definition) is 1. The van der Waals surface area contributed by atoms with E-state index < -0.39 is 16.8 Å². The molecule has 0 saturated carbocycles. The van der Waals surface area contributed by atoms with Gasteiger partial charge in [-0.2, -0.15) is 11.8 Å². The zero-order chi connectivity index (χ0) is 12.7. The maximum atomic E-state index is 12.0. The number of aromatic carboxylic acids is 1. The lowest BCUT2D eigenvalue weighted by Gasteiger charge is -2.05. The number of rotatable bonds is 7. The van der Waals surface area contributed by atoms with Gasteiger partial charge in [-0.1, -0.05) is 19.1 Å². The van der Waals surface area contributed by atoms with Gasteiger partial charge in [0.15, 0.2) is 0 Å². The average molecular weight is 272 g/mol. The van der Waals surface area contributed by atoms with Crippen molar-refractivity contribution >= 4 is 28.5 Å². The van der Waals surface area contributed by atoms with Crippen LogP contribution < -0.4 is 0 Å². The van der Waals surface area contributed by atoms with Crippen LogP contribution in [-0.4, -0.2) is 32.5 Å². The molecule has 1 unspecified atom stereocenters. The van der Waals surface area contributed by atoms with Gasteiger partial charge in [0, 0.05) is 5.75 Å². The fourth-order valence-corrected chi connectivity index (χ4v) is 3.47. The van der Waals surface area contributed by atoms with Crippen LogP contribution in [-0.2, 0) is 10.8 Å². The van der Waals surface area contributed by atoms with Gasteiger partial charge in [0.05, 0.1) is 21.3 Å². The standard InChI is InChI=1S/C12H16O3S2/c1-2-16-8-5-9-17(15)11-7-4-3-6-10(11)12(13)14/h3-4,6-7H,2,5,8-9H2,1H3,(H,13,14). The molecular formula is C12H16O3S2. The first kappa shape index (κ1) is 14.3. The Balaban J connectivity index is 2.65. The summed E-state index contributed by atoms with van der Waals surface area (Å²) in [5.41, 5.74) is 0.147. The summed E-state index contributed by atoms with van der Waals surface area (Å²) in [6.45, 7) is 2.08. The summed E-state index contributed by atoms with van der Waals surface area (Å²) in [5, 5.41) is 8.99. The van der Waals surface area contributed by atoms with Crippen LogP contribution in [0.15, 0.2) is 29.2 Å². The first-order valence-corrected chi connectivity index (χ1v) is 7.92. The molecule has 0 fully saturated rings. The van der Waals surface area contributed by atoms with Crippen molar-refractivity contribution in [3.8, 4) is 0 Å². The molecule has 0 bridgehead atoms. The Morgan fingerprint density at radius 3 is 2.76 bits per heavy atom. The summed E-state index contributed by atoms with van der Waals surface area (Å²) in [6, 6.07) is 6.50.